The van der Waals surface area contributed by atoms with Crippen molar-refractivity contribution in [2.24, 2.45) is 7.05 Å². The van der Waals surface area contributed by atoms with E-state index in [1.54, 1.807) is 12.1 Å². The Morgan fingerprint density at radius 2 is 1.87 bits per heavy atom. The summed E-state index contributed by atoms with van der Waals surface area (Å²) in [4.78, 5) is 14.4. The number of ether oxygens (including phenoxy) is 1. The first kappa shape index (κ1) is 18.9. The molecule has 5 heteroatoms. The smallest absolute Gasteiger partial charge is 0.231 e. The van der Waals surface area contributed by atoms with Gasteiger partial charge in [0.25, 0.3) is 0 Å². The van der Waals surface area contributed by atoms with Crippen molar-refractivity contribution in [1.82, 2.24) is 4.57 Å². The summed E-state index contributed by atoms with van der Waals surface area (Å²) < 4.78 is 8.09. The maximum Gasteiger partial charge on any atom is 0.231 e. The first-order valence-electron chi connectivity index (χ1n) is 10.8. The lowest BCUT2D eigenvalue weighted by molar-refractivity contribution is -0.913. The third-order valence-electron chi connectivity index (χ3n) is 6.35. The molecule has 0 aliphatic carbocycles. The molecule has 0 amide bonds. The monoisotopic (exact) mass is 402 g/mol. The Morgan fingerprint density at radius 3 is 2.67 bits per heavy atom. The van der Waals surface area contributed by atoms with Gasteiger partial charge >= 0.3 is 0 Å². The lowest BCUT2D eigenvalue weighted by Gasteiger charge is -2.22. The van der Waals surface area contributed by atoms with E-state index in [4.69, 9.17) is 4.74 Å². The topological polar surface area (TPSA) is 58.7 Å². The molecule has 154 valence electrons. The normalized spacial score (nSPS) is 18.6. The molecule has 2 aliphatic rings. The zero-order valence-corrected chi connectivity index (χ0v) is 17.2. The standard InChI is InChI=1S/C25H26N2O3/c1-26-15-17(18-8-4-5-9-21(18)26)14-23-24(29)19-10-11-22(28)20(25(19)30-23)16-27-12-6-2-3-7-13-27/h4-5,8-11,14-15,28H,2-3,6-7,12-13,16H2,1H3/b23-14-. The molecule has 5 nitrogen and oxygen atoms in total. The molecular formula is C25H26N2O3. The number of carbonyl (C=O) groups excluding carboxylic acids is 1. The van der Waals surface area contributed by atoms with E-state index in [0.29, 0.717) is 29.2 Å². The number of carbonyl (C=O) groups is 1. The fourth-order valence-electron chi connectivity index (χ4n) is 4.74. The number of hydrogen-bond acceptors (Lipinski definition) is 3. The van der Waals surface area contributed by atoms with Crippen LogP contribution >= 0.6 is 0 Å². The second-order valence-corrected chi connectivity index (χ2v) is 8.41. The van der Waals surface area contributed by atoms with E-state index >= 15 is 0 Å². The van der Waals surface area contributed by atoms with Gasteiger partial charge in [-0.25, -0.2) is 0 Å². The molecule has 1 N–H and O–H groups in total. The van der Waals surface area contributed by atoms with Crippen molar-refractivity contribution in [3.8, 4) is 11.5 Å². The van der Waals surface area contributed by atoms with Crippen molar-refractivity contribution in [2.45, 2.75) is 32.2 Å². The highest BCUT2D eigenvalue weighted by Crippen LogP contribution is 2.38. The van der Waals surface area contributed by atoms with E-state index in [1.165, 1.54) is 36.6 Å². The van der Waals surface area contributed by atoms with Gasteiger partial charge in [-0.05, 0) is 43.9 Å². The molecule has 5 rings (SSSR count). The largest absolute Gasteiger partial charge is 0.872 e. The minimum atomic E-state index is -0.148. The van der Waals surface area contributed by atoms with Gasteiger partial charge in [-0.2, -0.15) is 0 Å². The third-order valence-corrected chi connectivity index (χ3v) is 6.35. The predicted octanol–water partition coefficient (Wildman–Crippen LogP) is 2.83. The number of para-hydroxylation sites is 1. The minimum absolute atomic E-state index is 0.0373. The van der Waals surface area contributed by atoms with Crippen molar-refractivity contribution in [2.75, 3.05) is 13.1 Å². The number of allylic oxidation sites excluding steroid dienone is 1. The van der Waals surface area contributed by atoms with Crippen LogP contribution in [0.25, 0.3) is 17.0 Å². The van der Waals surface area contributed by atoms with Gasteiger partial charge in [0, 0.05) is 35.3 Å². The van der Waals surface area contributed by atoms with Gasteiger partial charge in [-0.15, -0.1) is 0 Å². The summed E-state index contributed by atoms with van der Waals surface area (Å²) in [5.41, 5.74) is 3.18. The van der Waals surface area contributed by atoms with Crippen LogP contribution in [0.1, 0.15) is 47.2 Å². The van der Waals surface area contributed by atoms with Gasteiger partial charge in [0.2, 0.25) is 5.78 Å². The number of Topliss-reactive ketones (excluding diaryl/α,β-unsaturated/α-hetero) is 1. The predicted molar refractivity (Wildman–Crippen MR) is 115 cm³/mol. The Kier molecular flexibility index (Phi) is 4.83. The number of nitrogens with one attached hydrogen (secondary N) is 1. The third kappa shape index (κ3) is 3.29. The van der Waals surface area contributed by atoms with Crippen molar-refractivity contribution in [3.63, 3.8) is 0 Å². The molecule has 0 unspecified atom stereocenters. The Hall–Kier alpha value is -3.05. The van der Waals surface area contributed by atoms with Gasteiger partial charge < -0.3 is 19.3 Å². The maximum absolute atomic E-state index is 13.0. The number of benzene rings is 2. The van der Waals surface area contributed by atoms with E-state index in [-0.39, 0.29) is 11.5 Å². The van der Waals surface area contributed by atoms with Gasteiger partial charge in [-0.1, -0.05) is 30.0 Å². The molecule has 30 heavy (non-hydrogen) atoms. The van der Waals surface area contributed by atoms with Crippen molar-refractivity contribution >= 4 is 22.8 Å². The molecule has 2 aromatic carbocycles. The van der Waals surface area contributed by atoms with Crippen LogP contribution in [0.2, 0.25) is 0 Å². The van der Waals surface area contributed by atoms with Crippen LogP contribution in [0.3, 0.4) is 0 Å². The fourth-order valence-corrected chi connectivity index (χ4v) is 4.74. The van der Waals surface area contributed by atoms with E-state index in [9.17, 15) is 9.90 Å². The summed E-state index contributed by atoms with van der Waals surface area (Å²) in [6.07, 6.45) is 8.69. The summed E-state index contributed by atoms with van der Waals surface area (Å²) in [6.45, 7) is 2.75. The maximum atomic E-state index is 13.0. The molecule has 2 aliphatic heterocycles. The van der Waals surface area contributed by atoms with Gasteiger partial charge in [0.05, 0.1) is 18.7 Å². The van der Waals surface area contributed by atoms with E-state index < -0.39 is 0 Å². The molecule has 0 atom stereocenters. The zero-order valence-electron chi connectivity index (χ0n) is 17.2. The quantitative estimate of drug-likeness (QED) is 0.686. The Morgan fingerprint density at radius 1 is 1.10 bits per heavy atom. The number of likely N-dealkylation sites (tertiary alicyclic amines) is 1. The van der Waals surface area contributed by atoms with Crippen LogP contribution in [0.15, 0.2) is 48.4 Å². The van der Waals surface area contributed by atoms with E-state index in [1.807, 2.05) is 36.0 Å². The summed E-state index contributed by atoms with van der Waals surface area (Å²) >= 11 is 0. The van der Waals surface area contributed by atoms with Gasteiger partial charge in [0.1, 0.15) is 12.3 Å². The Labute approximate surface area is 176 Å². The fraction of sp³-hybridized carbons (Fsp3) is 0.320. The second-order valence-electron chi connectivity index (χ2n) is 8.41. The number of fused-ring (bicyclic) bond motifs is 2. The lowest BCUT2D eigenvalue weighted by Crippen LogP contribution is -3.10. The number of ketones is 1. The van der Waals surface area contributed by atoms with Crippen molar-refractivity contribution in [3.05, 3.63) is 65.0 Å². The zero-order chi connectivity index (χ0) is 20.7. The van der Waals surface area contributed by atoms with Crippen LogP contribution < -0.4 is 14.7 Å². The molecule has 0 bridgehead atoms. The number of nitrogens with zero attached hydrogens (tertiary/aromatic N) is 1. The molecule has 3 heterocycles. The number of rotatable bonds is 3. The molecule has 0 radical (unpaired) electrons. The highest BCUT2D eigenvalue weighted by Gasteiger charge is 2.31. The second kappa shape index (κ2) is 7.65. The average Bonchev–Trinajstić information content (AvgIpc) is 3.09. The van der Waals surface area contributed by atoms with E-state index in [0.717, 1.165) is 29.6 Å². The molecular weight excluding hydrogens is 376 g/mol. The number of quaternary nitrogens is 1. The molecule has 1 fully saturated rings. The number of hydrogen-bond donors (Lipinski definition) is 1. The average molecular weight is 402 g/mol. The van der Waals surface area contributed by atoms with Gasteiger partial charge in [-0.3, -0.25) is 4.79 Å². The first-order chi connectivity index (χ1) is 14.6. The Bertz CT molecular complexity index is 1150. The van der Waals surface area contributed by atoms with Crippen LogP contribution in [0.5, 0.6) is 11.5 Å². The lowest BCUT2D eigenvalue weighted by atomic mass is 10.0. The molecule has 3 aromatic rings. The van der Waals surface area contributed by atoms with Crippen molar-refractivity contribution < 1.29 is 19.5 Å². The highest BCUT2D eigenvalue weighted by atomic mass is 16.5. The highest BCUT2D eigenvalue weighted by molar-refractivity contribution is 6.15. The molecule has 1 aromatic heterocycles. The van der Waals surface area contributed by atoms with Crippen LogP contribution in [-0.2, 0) is 13.6 Å². The minimum Gasteiger partial charge on any atom is -0.872 e. The van der Waals surface area contributed by atoms with Gasteiger partial charge in [0.15, 0.2) is 5.76 Å². The SMILES string of the molecule is Cn1cc(/C=C2\Oc3c(ccc([O-])c3C[NH+]3CCCCCC3)C2=O)c2ccccc21. The number of aromatic nitrogens is 1. The molecule has 0 saturated carbocycles. The van der Waals surface area contributed by atoms with Crippen LogP contribution in [0, 0.1) is 0 Å². The summed E-state index contributed by atoms with van der Waals surface area (Å²) in [5.74, 6) is 0.574. The first-order valence-corrected chi connectivity index (χ1v) is 10.8. The van der Waals surface area contributed by atoms with Crippen LogP contribution in [-0.4, -0.2) is 23.4 Å². The molecule has 1 saturated heterocycles. The van der Waals surface area contributed by atoms with E-state index in [2.05, 4.69) is 6.07 Å². The van der Waals surface area contributed by atoms with Crippen molar-refractivity contribution in [1.29, 1.82) is 0 Å². The Balaban J connectivity index is 1.50. The van der Waals surface area contributed by atoms with Crippen LogP contribution in [0.4, 0.5) is 0 Å². The summed E-state index contributed by atoms with van der Waals surface area (Å²) in [7, 11) is 1.99. The number of aryl methyl sites for hydroxylation is 1. The summed E-state index contributed by atoms with van der Waals surface area (Å²) in [6, 6.07) is 11.2. The molecule has 0 spiro atoms. The summed E-state index contributed by atoms with van der Waals surface area (Å²) in [5, 5.41) is 13.7.